The highest BCUT2D eigenvalue weighted by Gasteiger charge is 2.15. The van der Waals surface area contributed by atoms with Crippen LogP contribution in [-0.2, 0) is 4.79 Å². The van der Waals surface area contributed by atoms with Crippen molar-refractivity contribution >= 4 is 27.9 Å². The number of nitrogens with two attached hydrogens (primary N) is 1. The van der Waals surface area contributed by atoms with Gasteiger partial charge < -0.3 is 15.8 Å². The van der Waals surface area contributed by atoms with Crippen LogP contribution in [0.3, 0.4) is 0 Å². The topological polar surface area (TPSA) is 77.2 Å². The summed E-state index contributed by atoms with van der Waals surface area (Å²) in [4.78, 5) is 15.7. The van der Waals surface area contributed by atoms with Gasteiger partial charge in [-0.3, -0.25) is 4.79 Å². The third kappa shape index (κ3) is 1.91. The summed E-state index contributed by atoms with van der Waals surface area (Å²) in [6.45, 7) is 0.400. The lowest BCUT2D eigenvalue weighted by molar-refractivity contribution is -0.116. The lowest BCUT2D eigenvalue weighted by Gasteiger charge is -2.08. The van der Waals surface area contributed by atoms with Crippen LogP contribution in [0.2, 0.25) is 0 Å². The molecule has 1 aromatic carbocycles. The first-order valence-corrected chi connectivity index (χ1v) is 6.38. The number of thiazole rings is 1. The zero-order chi connectivity index (χ0) is 12.5. The normalized spacial score (nSPS) is 14.3. The summed E-state index contributed by atoms with van der Waals surface area (Å²) in [5, 5.41) is 3.48. The molecule has 0 atom stereocenters. The highest BCUT2D eigenvalue weighted by Crippen LogP contribution is 2.34. The maximum atomic E-state index is 11.5. The van der Waals surface area contributed by atoms with E-state index in [2.05, 4.69) is 10.3 Å². The molecule has 5 nitrogen and oxygen atoms in total. The van der Waals surface area contributed by atoms with Crippen LogP contribution in [0.25, 0.3) is 11.3 Å². The standard InChI is InChI=1S/C12H11N3O2S/c13-12-11(14-6-18-12)7-1-2-9-8(5-7)15-10(16)3-4-17-9/h1-2,5-6H,3-4,13H2,(H,15,16). The lowest BCUT2D eigenvalue weighted by atomic mass is 10.1. The second-order valence-corrected chi connectivity index (χ2v) is 4.81. The first-order valence-electron chi connectivity index (χ1n) is 5.50. The molecule has 1 aromatic heterocycles. The summed E-state index contributed by atoms with van der Waals surface area (Å²) in [5.41, 5.74) is 9.82. The van der Waals surface area contributed by atoms with Crippen LogP contribution in [-0.4, -0.2) is 17.5 Å². The van der Waals surface area contributed by atoms with Crippen molar-refractivity contribution in [3.8, 4) is 17.0 Å². The summed E-state index contributed by atoms with van der Waals surface area (Å²) in [6, 6.07) is 5.56. The largest absolute Gasteiger partial charge is 0.491 e. The molecule has 2 aromatic rings. The number of aromatic nitrogens is 1. The average Bonchev–Trinajstić information content (AvgIpc) is 2.68. The van der Waals surface area contributed by atoms with Crippen LogP contribution in [0.5, 0.6) is 5.75 Å². The Morgan fingerprint density at radius 1 is 1.44 bits per heavy atom. The summed E-state index contributed by atoms with van der Waals surface area (Å²) < 4.78 is 5.49. The highest BCUT2D eigenvalue weighted by molar-refractivity contribution is 7.14. The fraction of sp³-hybridized carbons (Fsp3) is 0.167. The Kier molecular flexibility index (Phi) is 2.64. The molecular formula is C12H11N3O2S. The first-order chi connectivity index (χ1) is 8.74. The number of ether oxygens (including phenoxy) is 1. The molecule has 2 heterocycles. The molecule has 0 aliphatic carbocycles. The molecule has 0 spiro atoms. The number of carbonyl (C=O) groups is 1. The van der Waals surface area contributed by atoms with Crippen molar-refractivity contribution in [2.45, 2.75) is 6.42 Å². The van der Waals surface area contributed by atoms with Crippen LogP contribution in [0.1, 0.15) is 6.42 Å². The number of rotatable bonds is 1. The predicted molar refractivity (Wildman–Crippen MR) is 70.7 cm³/mol. The second-order valence-electron chi connectivity index (χ2n) is 3.92. The van der Waals surface area contributed by atoms with E-state index in [1.807, 2.05) is 18.2 Å². The van der Waals surface area contributed by atoms with Gasteiger partial charge in [-0.1, -0.05) is 0 Å². The maximum Gasteiger partial charge on any atom is 0.227 e. The Bertz CT molecular complexity index is 609. The number of nitrogens with zero attached hydrogens (tertiary/aromatic N) is 1. The Hall–Kier alpha value is -2.08. The Balaban J connectivity index is 2.05. The van der Waals surface area contributed by atoms with Crippen LogP contribution in [0, 0.1) is 0 Å². The van der Waals surface area contributed by atoms with Gasteiger partial charge in [-0.25, -0.2) is 4.98 Å². The Labute approximate surface area is 108 Å². The minimum absolute atomic E-state index is 0.0443. The Morgan fingerprint density at radius 2 is 2.33 bits per heavy atom. The fourth-order valence-corrected chi connectivity index (χ4v) is 2.39. The number of hydrogen-bond donors (Lipinski definition) is 2. The molecule has 92 valence electrons. The van der Waals surface area contributed by atoms with E-state index < -0.39 is 0 Å². The average molecular weight is 261 g/mol. The van der Waals surface area contributed by atoms with Gasteiger partial charge in [0.15, 0.2) is 0 Å². The molecule has 0 fully saturated rings. The third-order valence-electron chi connectivity index (χ3n) is 2.71. The van der Waals surface area contributed by atoms with Crippen LogP contribution in [0.15, 0.2) is 23.7 Å². The van der Waals surface area contributed by atoms with Gasteiger partial charge in [-0.05, 0) is 18.2 Å². The van der Waals surface area contributed by atoms with Gasteiger partial charge in [-0.2, -0.15) is 0 Å². The van der Waals surface area contributed by atoms with E-state index in [0.717, 1.165) is 11.3 Å². The van der Waals surface area contributed by atoms with E-state index in [1.165, 1.54) is 11.3 Å². The van der Waals surface area contributed by atoms with Crippen molar-refractivity contribution < 1.29 is 9.53 Å². The molecule has 1 aliphatic heterocycles. The van der Waals surface area contributed by atoms with Gasteiger partial charge in [-0.15, -0.1) is 11.3 Å². The molecule has 18 heavy (non-hydrogen) atoms. The van der Waals surface area contributed by atoms with Crippen LogP contribution >= 0.6 is 11.3 Å². The number of carbonyl (C=O) groups excluding carboxylic acids is 1. The van der Waals surface area contributed by atoms with Crippen molar-refractivity contribution in [1.29, 1.82) is 0 Å². The number of benzene rings is 1. The van der Waals surface area contributed by atoms with Crippen molar-refractivity contribution in [2.75, 3.05) is 17.7 Å². The molecule has 3 rings (SSSR count). The predicted octanol–water partition coefficient (Wildman–Crippen LogP) is 2.11. The first kappa shape index (κ1) is 11.0. The van der Waals surface area contributed by atoms with E-state index in [1.54, 1.807) is 5.51 Å². The van der Waals surface area contributed by atoms with Crippen molar-refractivity contribution in [1.82, 2.24) is 4.98 Å². The minimum Gasteiger partial charge on any atom is -0.491 e. The van der Waals surface area contributed by atoms with Crippen molar-refractivity contribution in [3.63, 3.8) is 0 Å². The van der Waals surface area contributed by atoms with Crippen LogP contribution in [0.4, 0.5) is 10.7 Å². The molecule has 1 aliphatic rings. The third-order valence-corrected chi connectivity index (χ3v) is 3.37. The van der Waals surface area contributed by atoms with Gasteiger partial charge in [0.2, 0.25) is 5.91 Å². The number of fused-ring (bicyclic) bond motifs is 1. The molecule has 6 heteroatoms. The summed E-state index contributed by atoms with van der Waals surface area (Å²) in [6.07, 6.45) is 0.364. The van der Waals surface area contributed by atoms with E-state index in [9.17, 15) is 4.79 Å². The molecular weight excluding hydrogens is 250 g/mol. The molecule has 0 saturated heterocycles. The quantitative estimate of drug-likeness (QED) is 0.824. The monoisotopic (exact) mass is 261 g/mol. The lowest BCUT2D eigenvalue weighted by Crippen LogP contribution is -2.10. The molecule has 0 saturated carbocycles. The summed E-state index contributed by atoms with van der Waals surface area (Å²) >= 11 is 1.39. The molecule has 0 bridgehead atoms. The molecule has 0 radical (unpaired) electrons. The van der Waals surface area contributed by atoms with Crippen molar-refractivity contribution in [2.24, 2.45) is 0 Å². The van der Waals surface area contributed by atoms with E-state index in [4.69, 9.17) is 10.5 Å². The van der Waals surface area contributed by atoms with E-state index in [0.29, 0.717) is 29.5 Å². The molecule has 0 unspecified atom stereocenters. The molecule has 3 N–H and O–H groups in total. The van der Waals surface area contributed by atoms with Crippen LogP contribution < -0.4 is 15.8 Å². The fourth-order valence-electron chi connectivity index (χ4n) is 1.84. The number of amides is 1. The zero-order valence-corrected chi connectivity index (χ0v) is 10.3. The maximum absolute atomic E-state index is 11.5. The number of nitrogens with one attached hydrogen (secondary N) is 1. The summed E-state index contributed by atoms with van der Waals surface area (Å²) in [7, 11) is 0. The number of nitrogen functional groups attached to an aromatic ring is 1. The van der Waals surface area contributed by atoms with Gasteiger partial charge in [0.25, 0.3) is 0 Å². The van der Waals surface area contributed by atoms with Gasteiger partial charge >= 0.3 is 0 Å². The van der Waals surface area contributed by atoms with Gasteiger partial charge in [0.1, 0.15) is 16.4 Å². The minimum atomic E-state index is -0.0443. The van der Waals surface area contributed by atoms with Crippen molar-refractivity contribution in [3.05, 3.63) is 23.7 Å². The number of anilines is 2. The smallest absolute Gasteiger partial charge is 0.227 e. The second kappa shape index (κ2) is 4.30. The van der Waals surface area contributed by atoms with Gasteiger partial charge in [0.05, 0.1) is 24.2 Å². The highest BCUT2D eigenvalue weighted by atomic mass is 32.1. The summed E-state index contributed by atoms with van der Waals surface area (Å²) in [5.74, 6) is 0.635. The van der Waals surface area contributed by atoms with E-state index >= 15 is 0 Å². The number of hydrogen-bond acceptors (Lipinski definition) is 5. The van der Waals surface area contributed by atoms with Gasteiger partial charge in [0, 0.05) is 5.56 Å². The Morgan fingerprint density at radius 3 is 3.11 bits per heavy atom. The molecule has 1 amide bonds. The SMILES string of the molecule is Nc1scnc1-c1ccc2c(c1)NC(=O)CCO2. The van der Waals surface area contributed by atoms with E-state index in [-0.39, 0.29) is 5.91 Å². The zero-order valence-electron chi connectivity index (χ0n) is 9.47.